The van der Waals surface area contributed by atoms with E-state index in [4.69, 9.17) is 4.42 Å². The van der Waals surface area contributed by atoms with Crippen molar-refractivity contribution in [1.29, 1.82) is 0 Å². The van der Waals surface area contributed by atoms with Crippen LogP contribution in [0.1, 0.15) is 11.3 Å². The lowest BCUT2D eigenvalue weighted by Crippen LogP contribution is -2.13. The zero-order chi connectivity index (χ0) is 22.2. The molecule has 0 saturated heterocycles. The van der Waals surface area contributed by atoms with E-state index in [-0.39, 0.29) is 11.7 Å². The molecule has 0 fully saturated rings. The Morgan fingerprint density at radius 2 is 2.22 bits per heavy atom. The van der Waals surface area contributed by atoms with Crippen molar-refractivity contribution in [2.75, 3.05) is 16.5 Å². The van der Waals surface area contributed by atoms with Crippen molar-refractivity contribution in [1.82, 2.24) is 25.4 Å². The smallest absolute Gasteiger partial charge is 0.240 e. The number of hydrogen-bond acceptors (Lipinski definition) is 11. The summed E-state index contributed by atoms with van der Waals surface area (Å²) in [5.74, 6) is 1.64. The number of rotatable bonds is 10. The molecular weight excluding hydrogens is 536 g/mol. The van der Waals surface area contributed by atoms with Crippen molar-refractivity contribution in [3.05, 3.63) is 58.5 Å². The number of H-pyrrole nitrogens is 1. The molecule has 10 nitrogen and oxygen atoms in total. The molecule has 3 heterocycles. The summed E-state index contributed by atoms with van der Waals surface area (Å²) >= 11 is 7.55. The first kappa shape index (κ1) is 22.5. The summed E-state index contributed by atoms with van der Waals surface area (Å²) < 4.78 is 6.96. The molecule has 0 aliphatic rings. The zero-order valence-electron chi connectivity index (χ0n) is 16.2. The van der Waals surface area contributed by atoms with E-state index in [9.17, 15) is 4.79 Å². The van der Waals surface area contributed by atoms with Crippen LogP contribution >= 0.6 is 50.8 Å². The molecule has 14 heteroatoms. The second kappa shape index (κ2) is 11.3. The summed E-state index contributed by atoms with van der Waals surface area (Å²) in [5.41, 5.74) is 3.88. The van der Waals surface area contributed by atoms with E-state index in [1.54, 1.807) is 30.2 Å². The summed E-state index contributed by atoms with van der Waals surface area (Å²) in [6, 6.07) is 11.6. The molecule has 0 saturated carbocycles. The predicted octanol–water partition coefficient (Wildman–Crippen LogP) is 4.48. The number of halogens is 1. The van der Waals surface area contributed by atoms with Crippen LogP contribution in [-0.2, 0) is 10.5 Å². The van der Waals surface area contributed by atoms with Crippen molar-refractivity contribution in [2.45, 2.75) is 15.2 Å². The van der Waals surface area contributed by atoms with E-state index >= 15 is 0 Å². The normalized spacial score (nSPS) is 11.2. The third-order valence-corrected chi connectivity index (χ3v) is 6.99. The van der Waals surface area contributed by atoms with Crippen LogP contribution in [0.2, 0.25) is 0 Å². The van der Waals surface area contributed by atoms with Gasteiger partial charge in [-0.2, -0.15) is 10.1 Å². The molecule has 0 bridgehead atoms. The molecule has 3 aromatic heterocycles. The van der Waals surface area contributed by atoms with Crippen LogP contribution in [0.15, 0.2) is 66.1 Å². The SMILES string of the molecule is O=C(CSc1n[nH]c(N/N=C/c2ccco2)n1)Nc1nnc(SCc2cccc(Br)c2)s1. The number of amides is 1. The molecular formula is C18H15BrN8O2S3. The highest BCUT2D eigenvalue weighted by molar-refractivity contribution is 9.10. The minimum Gasteiger partial charge on any atom is -0.463 e. The molecule has 1 amide bonds. The van der Waals surface area contributed by atoms with E-state index in [1.807, 2.05) is 18.2 Å². The Balaban J connectivity index is 1.19. The van der Waals surface area contributed by atoms with Gasteiger partial charge >= 0.3 is 0 Å². The molecule has 1 aromatic carbocycles. The first-order valence-electron chi connectivity index (χ1n) is 9.02. The quantitative estimate of drug-likeness (QED) is 0.113. The fraction of sp³-hybridized carbons (Fsp3) is 0.111. The molecule has 4 rings (SSSR count). The van der Waals surface area contributed by atoms with Gasteiger partial charge in [-0.3, -0.25) is 10.1 Å². The minimum atomic E-state index is -0.218. The van der Waals surface area contributed by atoms with Crippen molar-refractivity contribution in [2.24, 2.45) is 5.10 Å². The van der Waals surface area contributed by atoms with Gasteiger partial charge in [-0.05, 0) is 29.8 Å². The fourth-order valence-corrected chi connectivity index (χ4v) is 5.01. The Morgan fingerprint density at radius 1 is 1.28 bits per heavy atom. The van der Waals surface area contributed by atoms with Crippen LogP contribution in [0.25, 0.3) is 0 Å². The fourth-order valence-electron chi connectivity index (χ4n) is 2.26. The first-order chi connectivity index (χ1) is 15.6. The van der Waals surface area contributed by atoms with Crippen molar-refractivity contribution >= 4 is 74.0 Å². The molecule has 164 valence electrons. The average molecular weight is 551 g/mol. The molecule has 0 spiro atoms. The van der Waals surface area contributed by atoms with Gasteiger partial charge in [0.05, 0.1) is 18.2 Å². The third kappa shape index (κ3) is 6.91. The standard InChI is InChI=1S/C18H15BrN8O2S3/c19-12-4-1-3-11(7-12)9-31-18-27-26-17(32-18)21-14(28)10-30-16-22-15(24-25-16)23-20-8-13-5-2-6-29-13/h1-8H,9-10H2,(H,21,26,28)(H2,22,23,24,25)/b20-8+. The van der Waals surface area contributed by atoms with Gasteiger partial charge in [0, 0.05) is 10.2 Å². The van der Waals surface area contributed by atoms with Crippen LogP contribution in [0, 0.1) is 0 Å². The van der Waals surface area contributed by atoms with E-state index in [0.717, 1.165) is 14.6 Å². The first-order valence-corrected chi connectivity index (χ1v) is 12.6. The highest BCUT2D eigenvalue weighted by Gasteiger charge is 2.11. The number of benzene rings is 1. The minimum absolute atomic E-state index is 0.132. The molecule has 0 aliphatic heterocycles. The van der Waals surface area contributed by atoms with E-state index < -0.39 is 0 Å². The van der Waals surface area contributed by atoms with Gasteiger partial charge in [0.1, 0.15) is 5.76 Å². The highest BCUT2D eigenvalue weighted by atomic mass is 79.9. The lowest BCUT2D eigenvalue weighted by Gasteiger charge is -1.99. The number of nitrogens with zero attached hydrogens (tertiary/aromatic N) is 5. The maximum atomic E-state index is 12.2. The van der Waals surface area contributed by atoms with Crippen LogP contribution in [0.5, 0.6) is 0 Å². The number of hydrazone groups is 1. The summed E-state index contributed by atoms with van der Waals surface area (Å²) in [6.07, 6.45) is 3.07. The van der Waals surface area contributed by atoms with Gasteiger partial charge in [-0.25, -0.2) is 10.5 Å². The predicted molar refractivity (Wildman–Crippen MR) is 129 cm³/mol. The number of thioether (sulfide) groups is 2. The monoisotopic (exact) mass is 550 g/mol. The Kier molecular flexibility index (Phi) is 7.92. The topological polar surface area (TPSA) is 134 Å². The lowest BCUT2D eigenvalue weighted by molar-refractivity contribution is -0.113. The Labute approximate surface area is 203 Å². The number of furan rings is 1. The molecule has 4 aromatic rings. The van der Waals surface area contributed by atoms with Gasteiger partial charge in [0.15, 0.2) is 4.34 Å². The van der Waals surface area contributed by atoms with E-state index in [2.05, 4.69) is 63.2 Å². The van der Waals surface area contributed by atoms with Gasteiger partial charge in [-0.15, -0.1) is 15.3 Å². The van der Waals surface area contributed by atoms with Gasteiger partial charge in [0.25, 0.3) is 0 Å². The largest absolute Gasteiger partial charge is 0.463 e. The highest BCUT2D eigenvalue weighted by Crippen LogP contribution is 2.29. The number of nitrogens with one attached hydrogen (secondary N) is 3. The maximum Gasteiger partial charge on any atom is 0.240 e. The van der Waals surface area contributed by atoms with Gasteiger partial charge in [0.2, 0.25) is 22.1 Å². The van der Waals surface area contributed by atoms with Crippen molar-refractivity contribution in [3.8, 4) is 0 Å². The van der Waals surface area contributed by atoms with Crippen LogP contribution in [0.3, 0.4) is 0 Å². The number of carbonyl (C=O) groups excluding carboxylic acids is 1. The van der Waals surface area contributed by atoms with Crippen molar-refractivity contribution < 1.29 is 9.21 Å². The van der Waals surface area contributed by atoms with Crippen molar-refractivity contribution in [3.63, 3.8) is 0 Å². The maximum absolute atomic E-state index is 12.2. The van der Waals surface area contributed by atoms with Crippen LogP contribution in [0.4, 0.5) is 11.1 Å². The summed E-state index contributed by atoms with van der Waals surface area (Å²) in [7, 11) is 0. The van der Waals surface area contributed by atoms with Gasteiger partial charge in [-0.1, -0.05) is 62.9 Å². The second-order valence-corrected chi connectivity index (χ2v) is 10.0. The van der Waals surface area contributed by atoms with E-state index in [1.165, 1.54) is 34.9 Å². The Morgan fingerprint density at radius 3 is 3.06 bits per heavy atom. The second-order valence-electron chi connectivity index (χ2n) is 5.98. The number of anilines is 2. The summed E-state index contributed by atoms with van der Waals surface area (Å²) in [4.78, 5) is 16.4. The molecule has 0 aliphatic carbocycles. The average Bonchev–Trinajstić information content (AvgIpc) is 3.54. The Hall–Kier alpha value is -2.68. The van der Waals surface area contributed by atoms with Crippen LogP contribution < -0.4 is 10.7 Å². The zero-order valence-corrected chi connectivity index (χ0v) is 20.2. The number of carbonyl (C=O) groups is 1. The number of aromatic amines is 1. The molecule has 32 heavy (non-hydrogen) atoms. The summed E-state index contributed by atoms with van der Waals surface area (Å²) in [6.45, 7) is 0. The molecule has 0 unspecified atom stereocenters. The van der Waals surface area contributed by atoms with Crippen LogP contribution in [-0.4, -0.2) is 43.3 Å². The van der Waals surface area contributed by atoms with Gasteiger partial charge < -0.3 is 4.42 Å². The Bertz CT molecular complexity index is 1190. The molecule has 3 N–H and O–H groups in total. The molecule has 0 radical (unpaired) electrons. The molecule has 0 atom stereocenters. The lowest BCUT2D eigenvalue weighted by atomic mass is 10.2. The summed E-state index contributed by atoms with van der Waals surface area (Å²) in [5, 5.41) is 22.5. The third-order valence-electron chi connectivity index (χ3n) is 3.61. The number of hydrogen-bond donors (Lipinski definition) is 3. The number of aromatic nitrogens is 5. The van der Waals surface area contributed by atoms with E-state index in [0.29, 0.717) is 22.0 Å².